The van der Waals surface area contributed by atoms with Crippen molar-refractivity contribution in [1.29, 1.82) is 0 Å². The molecule has 31 heavy (non-hydrogen) atoms. The molecule has 166 valence electrons. The standard InChI is InChI=1S/C22H27BrN4O4/c1-4-31-17-9-7-16(8-10-17)27-21(29)25-19-11-6-15(23)14-18(19)22(27,30)20(28)24-12-5-13-26(2)3/h6-11,14,30H,4-5,12-13H2,1-3H3,(H,24,28)(H,25,29)/t22-/m0/s1. The molecule has 3 rings (SSSR count). The normalized spacial score (nSPS) is 17.9. The molecule has 1 atom stereocenters. The van der Waals surface area contributed by atoms with Gasteiger partial charge in [0.05, 0.1) is 12.3 Å². The van der Waals surface area contributed by atoms with Crippen LogP contribution in [0.3, 0.4) is 0 Å². The number of carbonyl (C=O) groups excluding carboxylic acids is 2. The summed E-state index contributed by atoms with van der Waals surface area (Å²) < 4.78 is 6.13. The highest BCUT2D eigenvalue weighted by Crippen LogP contribution is 2.41. The van der Waals surface area contributed by atoms with Gasteiger partial charge in [0.2, 0.25) is 0 Å². The molecule has 0 spiro atoms. The van der Waals surface area contributed by atoms with Crippen LogP contribution in [0.1, 0.15) is 18.9 Å². The Morgan fingerprint density at radius 3 is 2.61 bits per heavy atom. The van der Waals surface area contributed by atoms with Crippen molar-refractivity contribution in [3.05, 3.63) is 52.5 Å². The number of nitrogens with one attached hydrogen (secondary N) is 2. The number of fused-ring (bicyclic) bond motifs is 1. The van der Waals surface area contributed by atoms with Gasteiger partial charge in [-0.25, -0.2) is 4.79 Å². The molecule has 0 aliphatic carbocycles. The van der Waals surface area contributed by atoms with Crippen LogP contribution in [0.5, 0.6) is 5.75 Å². The molecule has 3 amide bonds. The number of ether oxygens (including phenoxy) is 1. The molecule has 9 heteroatoms. The molecule has 2 aromatic rings. The number of anilines is 2. The Morgan fingerprint density at radius 2 is 1.97 bits per heavy atom. The monoisotopic (exact) mass is 490 g/mol. The van der Waals surface area contributed by atoms with Gasteiger partial charge in [-0.15, -0.1) is 0 Å². The predicted octanol–water partition coefficient (Wildman–Crippen LogP) is 3.11. The second kappa shape index (κ2) is 9.67. The van der Waals surface area contributed by atoms with Gasteiger partial charge in [-0.3, -0.25) is 9.69 Å². The summed E-state index contributed by atoms with van der Waals surface area (Å²) in [6.07, 6.45) is 0.704. The van der Waals surface area contributed by atoms with Gasteiger partial charge in [-0.05, 0) is 76.4 Å². The Balaban J connectivity index is 2.00. The second-order valence-electron chi connectivity index (χ2n) is 7.47. The molecule has 0 aromatic heterocycles. The number of halogens is 1. The van der Waals surface area contributed by atoms with E-state index in [9.17, 15) is 14.7 Å². The Labute approximate surface area is 190 Å². The van der Waals surface area contributed by atoms with Crippen LogP contribution in [0.2, 0.25) is 0 Å². The molecule has 0 saturated carbocycles. The molecule has 0 radical (unpaired) electrons. The van der Waals surface area contributed by atoms with Crippen molar-refractivity contribution < 1.29 is 19.4 Å². The zero-order valence-corrected chi connectivity index (χ0v) is 19.4. The average molecular weight is 491 g/mol. The summed E-state index contributed by atoms with van der Waals surface area (Å²) in [5.41, 5.74) is -1.22. The Bertz CT molecular complexity index is 951. The van der Waals surface area contributed by atoms with E-state index in [1.807, 2.05) is 25.9 Å². The number of hydrogen-bond acceptors (Lipinski definition) is 5. The zero-order valence-electron chi connectivity index (χ0n) is 17.8. The van der Waals surface area contributed by atoms with Gasteiger partial charge in [-0.1, -0.05) is 15.9 Å². The van der Waals surface area contributed by atoms with E-state index in [1.54, 1.807) is 42.5 Å². The molecule has 1 aliphatic rings. The van der Waals surface area contributed by atoms with Crippen molar-refractivity contribution in [2.45, 2.75) is 19.1 Å². The summed E-state index contributed by atoms with van der Waals surface area (Å²) >= 11 is 3.39. The minimum absolute atomic E-state index is 0.278. The molecule has 1 heterocycles. The Morgan fingerprint density at radius 1 is 1.26 bits per heavy atom. The van der Waals surface area contributed by atoms with Crippen LogP contribution in [0, 0.1) is 0 Å². The van der Waals surface area contributed by atoms with Crippen molar-refractivity contribution in [2.24, 2.45) is 0 Å². The third kappa shape index (κ3) is 4.84. The minimum atomic E-state index is -2.23. The average Bonchev–Trinajstić information content (AvgIpc) is 2.73. The molecule has 8 nitrogen and oxygen atoms in total. The van der Waals surface area contributed by atoms with E-state index < -0.39 is 17.7 Å². The lowest BCUT2D eigenvalue weighted by Gasteiger charge is -2.42. The smallest absolute Gasteiger partial charge is 0.329 e. The Hall–Kier alpha value is -2.62. The number of benzene rings is 2. The fourth-order valence-corrected chi connectivity index (χ4v) is 3.82. The van der Waals surface area contributed by atoms with Gasteiger partial charge in [0.25, 0.3) is 11.6 Å². The minimum Gasteiger partial charge on any atom is -0.494 e. The number of carbonyl (C=O) groups is 2. The lowest BCUT2D eigenvalue weighted by molar-refractivity contribution is -0.140. The number of amides is 3. The van der Waals surface area contributed by atoms with Crippen molar-refractivity contribution in [3.8, 4) is 5.75 Å². The first-order chi connectivity index (χ1) is 14.8. The van der Waals surface area contributed by atoms with Crippen LogP contribution in [0.25, 0.3) is 0 Å². The van der Waals surface area contributed by atoms with Crippen molar-refractivity contribution >= 4 is 39.2 Å². The maximum atomic E-state index is 13.3. The van der Waals surface area contributed by atoms with Gasteiger partial charge >= 0.3 is 6.03 Å². The number of rotatable bonds is 8. The number of hydrogen-bond donors (Lipinski definition) is 3. The van der Waals surface area contributed by atoms with Gasteiger partial charge < -0.3 is 25.4 Å². The first-order valence-electron chi connectivity index (χ1n) is 10.1. The number of nitrogens with zero attached hydrogens (tertiary/aromatic N) is 2. The highest BCUT2D eigenvalue weighted by atomic mass is 79.9. The first kappa shape index (κ1) is 23.1. The van der Waals surface area contributed by atoms with E-state index in [2.05, 4.69) is 26.6 Å². The van der Waals surface area contributed by atoms with E-state index in [1.165, 1.54) is 0 Å². The second-order valence-corrected chi connectivity index (χ2v) is 8.38. The van der Waals surface area contributed by atoms with Gasteiger partial charge in [0, 0.05) is 22.3 Å². The fourth-order valence-electron chi connectivity index (χ4n) is 3.46. The van der Waals surface area contributed by atoms with Crippen LogP contribution in [0.4, 0.5) is 16.2 Å². The molecule has 0 fully saturated rings. The number of aliphatic hydroxyl groups is 1. The summed E-state index contributed by atoms with van der Waals surface area (Å²) in [5.74, 6) is -0.0437. The molecule has 3 N–H and O–H groups in total. The van der Waals surface area contributed by atoms with Gasteiger partial charge in [-0.2, -0.15) is 0 Å². The van der Waals surface area contributed by atoms with Crippen molar-refractivity contribution in [1.82, 2.24) is 10.2 Å². The molecule has 1 aliphatic heterocycles. The summed E-state index contributed by atoms with van der Waals surface area (Å²) in [6, 6.07) is 11.1. The molecular weight excluding hydrogens is 464 g/mol. The quantitative estimate of drug-likeness (QED) is 0.494. The third-order valence-corrected chi connectivity index (χ3v) is 5.41. The summed E-state index contributed by atoms with van der Waals surface area (Å²) in [4.78, 5) is 29.4. The van der Waals surface area contributed by atoms with Crippen LogP contribution in [-0.2, 0) is 10.5 Å². The SMILES string of the molecule is CCOc1ccc(N2C(=O)Nc3ccc(Br)cc3[C@]2(O)C(=O)NCCCN(C)C)cc1. The van der Waals surface area contributed by atoms with Gasteiger partial charge in [0.1, 0.15) is 5.75 Å². The van der Waals surface area contributed by atoms with E-state index in [-0.39, 0.29) is 5.56 Å². The molecule has 0 saturated heterocycles. The number of urea groups is 1. The summed E-state index contributed by atoms with van der Waals surface area (Å²) in [5, 5.41) is 17.3. The highest BCUT2D eigenvalue weighted by Gasteiger charge is 2.52. The third-order valence-electron chi connectivity index (χ3n) is 4.92. The van der Waals surface area contributed by atoms with E-state index in [0.717, 1.165) is 11.4 Å². The molecular formula is C22H27BrN4O4. The van der Waals surface area contributed by atoms with E-state index in [4.69, 9.17) is 4.74 Å². The zero-order chi connectivity index (χ0) is 22.6. The maximum Gasteiger partial charge on any atom is 0.329 e. The lowest BCUT2D eigenvalue weighted by atomic mass is 9.94. The molecule has 0 bridgehead atoms. The topological polar surface area (TPSA) is 94.1 Å². The molecule has 2 aromatic carbocycles. The van der Waals surface area contributed by atoms with Crippen LogP contribution in [0.15, 0.2) is 46.9 Å². The highest BCUT2D eigenvalue weighted by molar-refractivity contribution is 9.10. The largest absolute Gasteiger partial charge is 0.494 e. The van der Waals surface area contributed by atoms with E-state index in [0.29, 0.717) is 41.2 Å². The first-order valence-corrected chi connectivity index (χ1v) is 10.9. The molecule has 0 unspecified atom stereocenters. The fraction of sp³-hybridized carbons (Fsp3) is 0.364. The predicted molar refractivity (Wildman–Crippen MR) is 123 cm³/mol. The van der Waals surface area contributed by atoms with Crippen LogP contribution >= 0.6 is 15.9 Å². The summed E-state index contributed by atoms with van der Waals surface area (Å²) in [6.45, 7) is 3.52. The van der Waals surface area contributed by atoms with Crippen LogP contribution in [-0.4, -0.2) is 55.7 Å². The summed E-state index contributed by atoms with van der Waals surface area (Å²) in [7, 11) is 3.89. The van der Waals surface area contributed by atoms with E-state index >= 15 is 0 Å². The lowest BCUT2D eigenvalue weighted by Crippen LogP contribution is -2.62. The van der Waals surface area contributed by atoms with Gasteiger partial charge in [0.15, 0.2) is 0 Å². The van der Waals surface area contributed by atoms with Crippen molar-refractivity contribution in [2.75, 3.05) is 44.0 Å². The van der Waals surface area contributed by atoms with Crippen LogP contribution < -0.4 is 20.3 Å². The van der Waals surface area contributed by atoms with Crippen molar-refractivity contribution in [3.63, 3.8) is 0 Å². The Kier molecular flexibility index (Phi) is 7.19. The maximum absolute atomic E-state index is 13.3.